The van der Waals surface area contributed by atoms with Crippen molar-refractivity contribution in [1.29, 1.82) is 0 Å². The Balaban J connectivity index is 1.73. The first kappa shape index (κ1) is 14.3. The van der Waals surface area contributed by atoms with Crippen LogP contribution in [0.3, 0.4) is 0 Å². The Morgan fingerprint density at radius 1 is 1.18 bits per heavy atom. The largest absolute Gasteiger partial charge is 0.386 e. The Labute approximate surface area is 126 Å². The van der Waals surface area contributed by atoms with Crippen LogP contribution in [-0.2, 0) is 0 Å². The van der Waals surface area contributed by atoms with Gasteiger partial charge in [-0.15, -0.1) is 0 Å². The van der Waals surface area contributed by atoms with Crippen LogP contribution in [-0.4, -0.2) is 22.5 Å². The summed E-state index contributed by atoms with van der Waals surface area (Å²) < 4.78 is 13.6. The monoisotopic (exact) mass is 298 g/mol. The number of aliphatic hydroxyl groups excluding tert-OH is 1. The minimum Gasteiger partial charge on any atom is -0.386 e. The first-order valence-electron chi connectivity index (χ1n) is 6.93. The fourth-order valence-electron chi connectivity index (χ4n) is 2.42. The maximum atomic E-state index is 13.6. The van der Waals surface area contributed by atoms with Gasteiger partial charge in [0.05, 0.1) is 6.10 Å². The summed E-state index contributed by atoms with van der Waals surface area (Å²) in [5, 5.41) is 13.5. The fraction of sp³-hybridized carbons (Fsp3) is 0.118. The van der Waals surface area contributed by atoms with Crippen molar-refractivity contribution < 1.29 is 14.3 Å². The molecule has 4 nitrogen and oxygen atoms in total. The minimum absolute atomic E-state index is 0.0550. The van der Waals surface area contributed by atoms with E-state index in [4.69, 9.17) is 0 Å². The van der Waals surface area contributed by atoms with Gasteiger partial charge >= 0.3 is 0 Å². The molecule has 0 spiro atoms. The second-order valence-corrected chi connectivity index (χ2v) is 4.99. The predicted octanol–water partition coefficient (Wildman–Crippen LogP) is 2.77. The Morgan fingerprint density at radius 3 is 2.82 bits per heavy atom. The van der Waals surface area contributed by atoms with Crippen molar-refractivity contribution in [2.75, 3.05) is 6.54 Å². The maximum absolute atomic E-state index is 13.6. The van der Waals surface area contributed by atoms with Crippen molar-refractivity contribution in [2.45, 2.75) is 6.10 Å². The summed E-state index contributed by atoms with van der Waals surface area (Å²) in [4.78, 5) is 15.3. The molecule has 3 N–H and O–H groups in total. The molecule has 22 heavy (non-hydrogen) atoms. The van der Waals surface area contributed by atoms with Crippen LogP contribution in [0.25, 0.3) is 10.9 Å². The molecule has 0 aliphatic heterocycles. The van der Waals surface area contributed by atoms with E-state index in [1.54, 1.807) is 30.5 Å². The molecule has 3 aromatic rings. The molecule has 0 saturated carbocycles. The molecule has 1 atom stereocenters. The van der Waals surface area contributed by atoms with Gasteiger partial charge in [0.1, 0.15) is 5.82 Å². The van der Waals surface area contributed by atoms with Crippen molar-refractivity contribution in [3.05, 3.63) is 71.7 Å². The predicted molar refractivity (Wildman–Crippen MR) is 82.0 cm³/mol. The van der Waals surface area contributed by atoms with Crippen LogP contribution < -0.4 is 5.32 Å². The summed E-state index contributed by atoms with van der Waals surface area (Å²) in [5.74, 6) is -0.794. The summed E-state index contributed by atoms with van der Waals surface area (Å²) >= 11 is 0. The lowest BCUT2D eigenvalue weighted by Crippen LogP contribution is -2.28. The number of benzene rings is 2. The van der Waals surface area contributed by atoms with Gasteiger partial charge in [-0.2, -0.15) is 0 Å². The first-order chi connectivity index (χ1) is 10.7. The Morgan fingerprint density at radius 2 is 2.00 bits per heavy atom. The van der Waals surface area contributed by atoms with Gasteiger partial charge in [-0.1, -0.05) is 24.3 Å². The molecule has 112 valence electrons. The van der Waals surface area contributed by atoms with Crippen molar-refractivity contribution >= 4 is 16.8 Å². The Hall–Kier alpha value is -2.66. The quantitative estimate of drug-likeness (QED) is 0.693. The summed E-state index contributed by atoms with van der Waals surface area (Å²) in [7, 11) is 0. The van der Waals surface area contributed by atoms with Gasteiger partial charge in [0.25, 0.3) is 5.91 Å². The SMILES string of the molecule is O=C(NCC(O)c1ccccc1F)c1cccc2[nH]ccc12. The van der Waals surface area contributed by atoms with Crippen molar-refractivity contribution in [1.82, 2.24) is 10.3 Å². The van der Waals surface area contributed by atoms with Crippen LogP contribution in [0.15, 0.2) is 54.7 Å². The van der Waals surface area contributed by atoms with Gasteiger partial charge in [-0.05, 0) is 24.3 Å². The number of H-pyrrole nitrogens is 1. The van der Waals surface area contributed by atoms with E-state index < -0.39 is 11.9 Å². The number of carbonyl (C=O) groups is 1. The summed E-state index contributed by atoms with van der Waals surface area (Å²) in [6.07, 6.45) is 0.672. The molecule has 0 radical (unpaired) electrons. The highest BCUT2D eigenvalue weighted by Gasteiger charge is 2.15. The number of rotatable bonds is 4. The molecule has 0 fully saturated rings. The van der Waals surface area contributed by atoms with Crippen molar-refractivity contribution in [3.8, 4) is 0 Å². The number of aromatic nitrogens is 1. The molecule has 1 unspecified atom stereocenters. The number of amides is 1. The molecule has 2 aromatic carbocycles. The van der Waals surface area contributed by atoms with E-state index in [-0.39, 0.29) is 18.0 Å². The van der Waals surface area contributed by atoms with Gasteiger partial charge < -0.3 is 15.4 Å². The van der Waals surface area contributed by atoms with Gasteiger partial charge in [-0.3, -0.25) is 4.79 Å². The standard InChI is InChI=1S/C17H15FN2O2/c18-14-6-2-1-4-13(14)16(21)10-20-17(22)12-5-3-7-15-11(12)8-9-19-15/h1-9,16,19,21H,10H2,(H,20,22). The average Bonchev–Trinajstić information content (AvgIpc) is 3.01. The van der Waals surface area contributed by atoms with Crippen LogP contribution in [0, 0.1) is 5.82 Å². The highest BCUT2D eigenvalue weighted by molar-refractivity contribution is 6.06. The third-order valence-electron chi connectivity index (χ3n) is 3.56. The van der Waals surface area contributed by atoms with E-state index in [0.29, 0.717) is 5.56 Å². The molecule has 1 aromatic heterocycles. The molecule has 0 aliphatic carbocycles. The van der Waals surface area contributed by atoms with Crippen LogP contribution in [0.2, 0.25) is 0 Å². The molecular weight excluding hydrogens is 283 g/mol. The number of aromatic amines is 1. The van der Waals surface area contributed by atoms with Crippen LogP contribution >= 0.6 is 0 Å². The number of hydrogen-bond donors (Lipinski definition) is 3. The van der Waals surface area contributed by atoms with E-state index in [0.717, 1.165) is 10.9 Å². The molecule has 0 bridgehead atoms. The number of halogens is 1. The second kappa shape index (κ2) is 5.99. The van der Waals surface area contributed by atoms with Crippen LogP contribution in [0.5, 0.6) is 0 Å². The molecule has 1 heterocycles. The Bertz CT molecular complexity index is 813. The summed E-state index contributed by atoms with van der Waals surface area (Å²) in [6, 6.07) is 13.2. The van der Waals surface area contributed by atoms with E-state index >= 15 is 0 Å². The zero-order valence-corrected chi connectivity index (χ0v) is 11.7. The zero-order chi connectivity index (χ0) is 15.5. The topological polar surface area (TPSA) is 65.1 Å². The summed E-state index contributed by atoms with van der Waals surface area (Å²) in [5.41, 5.74) is 1.55. The average molecular weight is 298 g/mol. The van der Waals surface area contributed by atoms with E-state index in [2.05, 4.69) is 10.3 Å². The summed E-state index contributed by atoms with van der Waals surface area (Å²) in [6.45, 7) is -0.0550. The lowest BCUT2D eigenvalue weighted by molar-refractivity contribution is 0.0915. The van der Waals surface area contributed by atoms with E-state index in [1.807, 2.05) is 12.1 Å². The molecule has 0 saturated heterocycles. The number of carbonyl (C=O) groups excluding carboxylic acids is 1. The molecular formula is C17H15FN2O2. The van der Waals surface area contributed by atoms with Gasteiger partial charge in [-0.25, -0.2) is 4.39 Å². The van der Waals surface area contributed by atoms with Gasteiger partial charge in [0.15, 0.2) is 0 Å². The maximum Gasteiger partial charge on any atom is 0.252 e. The van der Waals surface area contributed by atoms with Crippen LogP contribution in [0.1, 0.15) is 22.0 Å². The van der Waals surface area contributed by atoms with Crippen molar-refractivity contribution in [2.24, 2.45) is 0 Å². The highest BCUT2D eigenvalue weighted by Crippen LogP contribution is 2.18. The molecule has 1 amide bonds. The van der Waals surface area contributed by atoms with E-state index in [1.165, 1.54) is 12.1 Å². The molecule has 5 heteroatoms. The third kappa shape index (κ3) is 2.71. The van der Waals surface area contributed by atoms with Gasteiger partial charge in [0, 0.05) is 34.8 Å². The van der Waals surface area contributed by atoms with Crippen molar-refractivity contribution in [3.63, 3.8) is 0 Å². The lowest BCUT2D eigenvalue weighted by atomic mass is 10.1. The first-order valence-corrected chi connectivity index (χ1v) is 6.93. The molecule has 0 aliphatic rings. The minimum atomic E-state index is -1.09. The number of hydrogen-bond acceptors (Lipinski definition) is 2. The normalized spacial score (nSPS) is 12.3. The fourth-order valence-corrected chi connectivity index (χ4v) is 2.42. The van der Waals surface area contributed by atoms with E-state index in [9.17, 15) is 14.3 Å². The Kier molecular flexibility index (Phi) is 3.89. The smallest absolute Gasteiger partial charge is 0.252 e. The zero-order valence-electron chi connectivity index (χ0n) is 11.7. The number of fused-ring (bicyclic) bond motifs is 1. The number of aliphatic hydroxyl groups is 1. The molecule has 3 rings (SSSR count). The number of nitrogens with one attached hydrogen (secondary N) is 2. The highest BCUT2D eigenvalue weighted by atomic mass is 19.1. The lowest BCUT2D eigenvalue weighted by Gasteiger charge is -2.13. The second-order valence-electron chi connectivity index (χ2n) is 4.99. The third-order valence-corrected chi connectivity index (χ3v) is 3.56. The van der Waals surface area contributed by atoms with Crippen LogP contribution in [0.4, 0.5) is 4.39 Å². The van der Waals surface area contributed by atoms with Gasteiger partial charge in [0.2, 0.25) is 0 Å².